The molecule has 18 heavy (non-hydrogen) atoms. The van der Waals surface area contributed by atoms with Gasteiger partial charge in [0, 0.05) is 28.4 Å². The minimum atomic E-state index is -1.36. The van der Waals surface area contributed by atoms with Gasteiger partial charge in [0.2, 0.25) is 0 Å². The highest BCUT2D eigenvalue weighted by molar-refractivity contribution is 9.10. The monoisotopic (exact) mass is 335 g/mol. The molecule has 0 saturated heterocycles. The molecule has 0 aliphatic rings. The molecule has 1 atom stereocenters. The summed E-state index contributed by atoms with van der Waals surface area (Å²) in [5.41, 5.74) is 0.440. The van der Waals surface area contributed by atoms with Crippen molar-refractivity contribution in [2.75, 3.05) is 5.75 Å². The van der Waals surface area contributed by atoms with Gasteiger partial charge in [-0.1, -0.05) is 12.1 Å². The first-order chi connectivity index (χ1) is 8.41. The van der Waals surface area contributed by atoms with Crippen molar-refractivity contribution < 1.29 is 19.0 Å². The van der Waals surface area contributed by atoms with E-state index in [4.69, 9.17) is 5.11 Å². The van der Waals surface area contributed by atoms with Crippen molar-refractivity contribution in [1.82, 2.24) is 0 Å². The molecule has 1 unspecified atom stereocenters. The van der Waals surface area contributed by atoms with E-state index < -0.39 is 21.7 Å². The van der Waals surface area contributed by atoms with Crippen molar-refractivity contribution in [3.8, 4) is 0 Å². The number of nitrogens with zero attached hydrogens (tertiary/aromatic N) is 1. The average molecular weight is 336 g/mol. The summed E-state index contributed by atoms with van der Waals surface area (Å²) >= 11 is 3.10. The molecule has 0 spiro atoms. The lowest BCUT2D eigenvalue weighted by atomic mass is 10.2. The first kappa shape index (κ1) is 14.8. The molecule has 1 aromatic carbocycles. The Hall–Kier alpha value is -1.28. The normalized spacial score (nSPS) is 12.1. The van der Waals surface area contributed by atoms with E-state index in [1.807, 2.05) is 0 Å². The molecule has 0 aliphatic carbocycles. The molecular formula is C10H10BrNO5S. The third-order valence-electron chi connectivity index (χ3n) is 2.12. The van der Waals surface area contributed by atoms with Crippen LogP contribution in [0.25, 0.3) is 0 Å². The fourth-order valence-electron chi connectivity index (χ4n) is 1.27. The fraction of sp³-hybridized carbons (Fsp3) is 0.300. The zero-order valence-electron chi connectivity index (χ0n) is 9.17. The standard InChI is InChI=1S/C10H10BrNO5S/c11-10-7(2-1-3-8(10)12(15)16)6-18(17)5-4-9(13)14/h1-3H,4-6H2,(H,13,14). The number of carboxylic acid groups (broad SMARTS) is 1. The van der Waals surface area contributed by atoms with Crippen LogP contribution < -0.4 is 0 Å². The summed E-state index contributed by atoms with van der Waals surface area (Å²) < 4.78 is 11.9. The Labute approximate surface area is 114 Å². The topological polar surface area (TPSA) is 97.5 Å². The van der Waals surface area contributed by atoms with Crippen LogP contribution in [0.2, 0.25) is 0 Å². The Balaban J connectivity index is 2.79. The number of carboxylic acids is 1. The van der Waals surface area contributed by atoms with Gasteiger partial charge in [0.15, 0.2) is 0 Å². The van der Waals surface area contributed by atoms with E-state index in [-0.39, 0.29) is 23.6 Å². The zero-order valence-corrected chi connectivity index (χ0v) is 11.6. The Morgan fingerprint density at radius 3 is 2.72 bits per heavy atom. The lowest BCUT2D eigenvalue weighted by Gasteiger charge is -2.04. The number of nitro groups is 1. The molecule has 98 valence electrons. The van der Waals surface area contributed by atoms with Crippen LogP contribution in [0.5, 0.6) is 0 Å². The van der Waals surface area contributed by atoms with Gasteiger partial charge in [0.05, 0.1) is 15.8 Å². The predicted molar refractivity (Wildman–Crippen MR) is 69.8 cm³/mol. The molecule has 0 radical (unpaired) electrons. The average Bonchev–Trinajstić information content (AvgIpc) is 2.29. The number of hydrogen-bond donors (Lipinski definition) is 1. The molecule has 1 N–H and O–H groups in total. The number of halogens is 1. The largest absolute Gasteiger partial charge is 0.481 e. The molecule has 0 aliphatic heterocycles. The lowest BCUT2D eigenvalue weighted by molar-refractivity contribution is -0.385. The second-order valence-corrected chi connectivity index (χ2v) is 5.81. The van der Waals surface area contributed by atoms with Crippen LogP contribution >= 0.6 is 15.9 Å². The van der Waals surface area contributed by atoms with E-state index in [0.29, 0.717) is 10.0 Å². The van der Waals surface area contributed by atoms with Gasteiger partial charge >= 0.3 is 5.97 Å². The van der Waals surface area contributed by atoms with Crippen LogP contribution in [0.1, 0.15) is 12.0 Å². The van der Waals surface area contributed by atoms with Gasteiger partial charge in [-0.2, -0.15) is 0 Å². The summed E-state index contributed by atoms with van der Waals surface area (Å²) in [7, 11) is -1.36. The zero-order chi connectivity index (χ0) is 13.7. The van der Waals surface area contributed by atoms with Crippen molar-refractivity contribution in [2.45, 2.75) is 12.2 Å². The Bertz CT molecular complexity index is 505. The summed E-state index contributed by atoms with van der Waals surface area (Å²) in [6.45, 7) is 0. The first-order valence-electron chi connectivity index (χ1n) is 4.90. The molecule has 0 heterocycles. The highest BCUT2D eigenvalue weighted by atomic mass is 79.9. The summed E-state index contributed by atoms with van der Waals surface area (Å²) in [5.74, 6) is -0.888. The SMILES string of the molecule is O=C(O)CCS(=O)Cc1cccc([N+](=O)[O-])c1Br. The van der Waals surface area contributed by atoms with Crippen LogP contribution in [0.4, 0.5) is 5.69 Å². The molecule has 0 saturated carbocycles. The van der Waals surface area contributed by atoms with Crippen LogP contribution in [0.3, 0.4) is 0 Å². The third-order valence-corrected chi connectivity index (χ3v) is 4.32. The summed E-state index contributed by atoms with van der Waals surface area (Å²) in [6.07, 6.45) is -0.181. The maximum absolute atomic E-state index is 11.6. The van der Waals surface area contributed by atoms with Gasteiger partial charge < -0.3 is 5.11 Å². The maximum Gasteiger partial charge on any atom is 0.304 e. The number of carbonyl (C=O) groups is 1. The van der Waals surface area contributed by atoms with Crippen molar-refractivity contribution in [3.05, 3.63) is 38.3 Å². The third kappa shape index (κ3) is 4.19. The van der Waals surface area contributed by atoms with Crippen molar-refractivity contribution in [3.63, 3.8) is 0 Å². The Morgan fingerprint density at radius 1 is 1.50 bits per heavy atom. The number of benzene rings is 1. The Morgan fingerprint density at radius 2 is 2.17 bits per heavy atom. The number of hydrogen-bond acceptors (Lipinski definition) is 4. The van der Waals surface area contributed by atoms with Crippen LogP contribution in [-0.2, 0) is 21.3 Å². The predicted octanol–water partition coefficient (Wildman–Crippen LogP) is 2.08. The smallest absolute Gasteiger partial charge is 0.304 e. The molecule has 0 fully saturated rings. The molecule has 1 aromatic rings. The molecule has 1 rings (SSSR count). The fourth-order valence-corrected chi connectivity index (χ4v) is 3.13. The van der Waals surface area contributed by atoms with E-state index in [9.17, 15) is 19.1 Å². The molecule has 6 nitrogen and oxygen atoms in total. The van der Waals surface area contributed by atoms with E-state index in [1.54, 1.807) is 6.07 Å². The number of rotatable bonds is 6. The van der Waals surface area contributed by atoms with Gasteiger partial charge in [-0.3, -0.25) is 19.1 Å². The van der Waals surface area contributed by atoms with E-state index in [1.165, 1.54) is 12.1 Å². The molecule has 0 aromatic heterocycles. The first-order valence-corrected chi connectivity index (χ1v) is 7.18. The van der Waals surface area contributed by atoms with Gasteiger partial charge in [-0.15, -0.1) is 0 Å². The van der Waals surface area contributed by atoms with Gasteiger partial charge in [0.1, 0.15) is 0 Å². The summed E-state index contributed by atoms with van der Waals surface area (Å²) in [5, 5.41) is 19.2. The lowest BCUT2D eigenvalue weighted by Crippen LogP contribution is -2.07. The minimum Gasteiger partial charge on any atom is -0.481 e. The summed E-state index contributed by atoms with van der Waals surface area (Å²) in [6, 6.07) is 4.47. The Kier molecular flexibility index (Phi) is 5.42. The van der Waals surface area contributed by atoms with Crippen LogP contribution in [-0.4, -0.2) is 26.0 Å². The van der Waals surface area contributed by atoms with Gasteiger partial charge in [-0.05, 0) is 21.5 Å². The molecular weight excluding hydrogens is 326 g/mol. The second kappa shape index (κ2) is 6.60. The van der Waals surface area contributed by atoms with Crippen molar-refractivity contribution in [2.24, 2.45) is 0 Å². The highest BCUT2D eigenvalue weighted by Crippen LogP contribution is 2.29. The van der Waals surface area contributed by atoms with Crippen molar-refractivity contribution >= 4 is 38.4 Å². The van der Waals surface area contributed by atoms with E-state index >= 15 is 0 Å². The number of nitro benzene ring substituents is 1. The molecule has 8 heteroatoms. The highest BCUT2D eigenvalue weighted by Gasteiger charge is 2.16. The second-order valence-electron chi connectivity index (χ2n) is 3.44. The van der Waals surface area contributed by atoms with Crippen LogP contribution in [0, 0.1) is 10.1 Å². The quantitative estimate of drug-likeness (QED) is 0.634. The minimum absolute atomic E-state index is 0.0322. The maximum atomic E-state index is 11.6. The molecule has 0 amide bonds. The summed E-state index contributed by atoms with van der Waals surface area (Å²) in [4.78, 5) is 20.5. The number of aliphatic carboxylic acids is 1. The van der Waals surface area contributed by atoms with Gasteiger partial charge in [0.25, 0.3) is 5.69 Å². The molecule has 0 bridgehead atoms. The van der Waals surface area contributed by atoms with Crippen LogP contribution in [0.15, 0.2) is 22.7 Å². The van der Waals surface area contributed by atoms with E-state index in [0.717, 1.165) is 0 Å². The van der Waals surface area contributed by atoms with Gasteiger partial charge in [-0.25, -0.2) is 0 Å². The van der Waals surface area contributed by atoms with E-state index in [2.05, 4.69) is 15.9 Å². The van der Waals surface area contributed by atoms with Crippen molar-refractivity contribution in [1.29, 1.82) is 0 Å².